The van der Waals surface area contributed by atoms with Crippen LogP contribution in [0.3, 0.4) is 0 Å². The summed E-state index contributed by atoms with van der Waals surface area (Å²) in [6, 6.07) is 9.38. The van der Waals surface area contributed by atoms with Crippen molar-refractivity contribution in [2.45, 2.75) is 13.0 Å². The van der Waals surface area contributed by atoms with E-state index in [0.717, 1.165) is 5.56 Å². The van der Waals surface area contributed by atoms with E-state index in [9.17, 15) is 14.4 Å². The third-order valence-electron chi connectivity index (χ3n) is 4.10. The molecule has 29 heavy (non-hydrogen) atoms. The molecule has 0 aliphatic carbocycles. The van der Waals surface area contributed by atoms with Gasteiger partial charge in [-0.15, -0.1) is 0 Å². The number of nitrogens with zero attached hydrogens (tertiary/aromatic N) is 2. The van der Waals surface area contributed by atoms with Crippen LogP contribution < -0.4 is 0 Å². The van der Waals surface area contributed by atoms with Crippen LogP contribution in [0.1, 0.15) is 12.0 Å². The van der Waals surface area contributed by atoms with Gasteiger partial charge in [0, 0.05) is 33.9 Å². The number of carbonyl (C=O) groups excluding carboxylic acids is 3. The van der Waals surface area contributed by atoms with Crippen LogP contribution in [0.15, 0.2) is 30.3 Å². The second-order valence-corrected chi connectivity index (χ2v) is 6.77. The molecule has 8 nitrogen and oxygen atoms in total. The van der Waals surface area contributed by atoms with Crippen molar-refractivity contribution in [2.24, 2.45) is 0 Å². The standard InChI is InChI=1S/C20H29BrN2O6/c1-27-12-10-22(19(25)15-23(11-13-28-2)18(24)14-21)9-8-20(26)29-16-17-6-4-3-5-7-17/h3-7H,8-16H2,1-2H3. The molecule has 0 aliphatic heterocycles. The number of methoxy groups -OCH3 is 2. The first-order valence-electron chi connectivity index (χ1n) is 9.30. The van der Waals surface area contributed by atoms with Crippen LogP contribution in [-0.2, 0) is 35.2 Å². The van der Waals surface area contributed by atoms with Crippen LogP contribution >= 0.6 is 15.9 Å². The first-order valence-corrected chi connectivity index (χ1v) is 10.4. The fourth-order valence-electron chi connectivity index (χ4n) is 2.44. The Balaban J connectivity index is 2.58. The van der Waals surface area contributed by atoms with E-state index >= 15 is 0 Å². The van der Waals surface area contributed by atoms with Crippen LogP contribution in [0, 0.1) is 0 Å². The number of carbonyl (C=O) groups is 3. The topological polar surface area (TPSA) is 85.4 Å². The smallest absolute Gasteiger partial charge is 0.307 e. The van der Waals surface area contributed by atoms with Gasteiger partial charge in [-0.2, -0.15) is 0 Å². The summed E-state index contributed by atoms with van der Waals surface area (Å²) in [6.45, 7) is 1.58. The minimum absolute atomic E-state index is 0.0623. The van der Waals surface area contributed by atoms with Crippen molar-refractivity contribution in [1.29, 1.82) is 0 Å². The zero-order valence-corrected chi connectivity index (χ0v) is 18.6. The average molecular weight is 473 g/mol. The Kier molecular flexibility index (Phi) is 12.9. The molecule has 9 heteroatoms. The number of rotatable bonds is 14. The van der Waals surface area contributed by atoms with Gasteiger partial charge in [0.05, 0.1) is 31.5 Å². The van der Waals surface area contributed by atoms with Crippen molar-refractivity contribution in [3.63, 3.8) is 0 Å². The quantitative estimate of drug-likeness (QED) is 0.301. The maximum absolute atomic E-state index is 12.7. The van der Waals surface area contributed by atoms with E-state index in [1.165, 1.54) is 24.0 Å². The molecule has 1 aromatic carbocycles. The van der Waals surface area contributed by atoms with Crippen molar-refractivity contribution in [2.75, 3.05) is 58.9 Å². The molecule has 0 saturated heterocycles. The van der Waals surface area contributed by atoms with Crippen molar-refractivity contribution in [1.82, 2.24) is 9.80 Å². The molecule has 2 amide bonds. The average Bonchev–Trinajstić information content (AvgIpc) is 2.75. The van der Waals surface area contributed by atoms with Crippen molar-refractivity contribution >= 4 is 33.7 Å². The molecule has 0 bridgehead atoms. The van der Waals surface area contributed by atoms with Gasteiger partial charge in [-0.25, -0.2) is 0 Å². The molecule has 162 valence electrons. The maximum atomic E-state index is 12.7. The van der Waals surface area contributed by atoms with Gasteiger partial charge >= 0.3 is 5.97 Å². The lowest BCUT2D eigenvalue weighted by atomic mass is 10.2. The van der Waals surface area contributed by atoms with Gasteiger partial charge < -0.3 is 24.0 Å². The largest absolute Gasteiger partial charge is 0.461 e. The third-order valence-corrected chi connectivity index (χ3v) is 4.58. The van der Waals surface area contributed by atoms with Gasteiger partial charge in [0.15, 0.2) is 0 Å². The van der Waals surface area contributed by atoms with Gasteiger partial charge in [-0.05, 0) is 5.56 Å². The molecular formula is C20H29BrN2O6. The SMILES string of the molecule is COCCN(CCC(=O)OCc1ccccc1)C(=O)CN(CCOC)C(=O)CBr. The van der Waals surface area contributed by atoms with E-state index in [-0.39, 0.29) is 43.3 Å². The summed E-state index contributed by atoms with van der Waals surface area (Å²) in [4.78, 5) is 39.7. The fraction of sp³-hybridized carbons (Fsp3) is 0.550. The van der Waals surface area contributed by atoms with Crippen molar-refractivity contribution < 1.29 is 28.6 Å². The zero-order chi connectivity index (χ0) is 21.5. The number of hydrogen-bond acceptors (Lipinski definition) is 6. The highest BCUT2D eigenvalue weighted by Crippen LogP contribution is 2.04. The molecule has 1 aromatic rings. The number of hydrogen-bond donors (Lipinski definition) is 0. The molecule has 0 heterocycles. The molecular weight excluding hydrogens is 444 g/mol. The first-order chi connectivity index (χ1) is 14.0. The van der Waals surface area contributed by atoms with E-state index < -0.39 is 5.97 Å². The predicted octanol–water partition coefficient (Wildman–Crippen LogP) is 1.46. The van der Waals surface area contributed by atoms with Crippen LogP contribution in [0.5, 0.6) is 0 Å². The van der Waals surface area contributed by atoms with Crippen LogP contribution in [-0.4, -0.2) is 86.5 Å². The lowest BCUT2D eigenvalue weighted by Crippen LogP contribution is -2.46. The van der Waals surface area contributed by atoms with Crippen LogP contribution in [0.25, 0.3) is 0 Å². The summed E-state index contributed by atoms with van der Waals surface area (Å²) >= 11 is 3.12. The number of amides is 2. The third kappa shape index (κ3) is 10.4. The molecule has 1 rings (SSSR count). The van der Waals surface area contributed by atoms with Crippen LogP contribution in [0.4, 0.5) is 0 Å². The highest BCUT2D eigenvalue weighted by molar-refractivity contribution is 9.09. The van der Waals surface area contributed by atoms with Crippen molar-refractivity contribution in [3.8, 4) is 0 Å². The van der Waals surface area contributed by atoms with Crippen molar-refractivity contribution in [3.05, 3.63) is 35.9 Å². The Morgan fingerprint density at radius 2 is 1.52 bits per heavy atom. The molecule has 0 unspecified atom stereocenters. The maximum Gasteiger partial charge on any atom is 0.307 e. The summed E-state index contributed by atoms with van der Waals surface area (Å²) < 4.78 is 15.3. The summed E-state index contributed by atoms with van der Waals surface area (Å²) in [5, 5.41) is 0.119. The van der Waals surface area contributed by atoms with E-state index in [1.54, 1.807) is 0 Å². The predicted molar refractivity (Wildman–Crippen MR) is 112 cm³/mol. The first kappa shape index (κ1) is 25.1. The number of ether oxygens (including phenoxy) is 3. The lowest BCUT2D eigenvalue weighted by Gasteiger charge is -2.27. The van der Waals surface area contributed by atoms with Gasteiger partial charge in [0.1, 0.15) is 6.61 Å². The number of halogens is 1. The molecule has 0 aromatic heterocycles. The number of benzene rings is 1. The molecule has 0 atom stereocenters. The minimum atomic E-state index is -0.392. The Morgan fingerprint density at radius 1 is 0.897 bits per heavy atom. The molecule has 0 saturated carbocycles. The fourth-order valence-corrected chi connectivity index (χ4v) is 2.80. The highest BCUT2D eigenvalue weighted by atomic mass is 79.9. The Morgan fingerprint density at radius 3 is 2.10 bits per heavy atom. The molecule has 0 fully saturated rings. The Hall–Kier alpha value is -1.97. The zero-order valence-electron chi connectivity index (χ0n) is 17.0. The molecule has 0 aliphatic rings. The van der Waals surface area contributed by atoms with Crippen LogP contribution in [0.2, 0.25) is 0 Å². The Bertz CT molecular complexity index is 629. The lowest BCUT2D eigenvalue weighted by molar-refractivity contribution is -0.146. The van der Waals surface area contributed by atoms with E-state index in [1.807, 2.05) is 30.3 Å². The monoisotopic (exact) mass is 472 g/mol. The molecule has 0 spiro atoms. The minimum Gasteiger partial charge on any atom is -0.461 e. The van der Waals surface area contributed by atoms with E-state index in [0.29, 0.717) is 26.3 Å². The summed E-state index contributed by atoms with van der Waals surface area (Å²) in [6.07, 6.45) is 0.0623. The summed E-state index contributed by atoms with van der Waals surface area (Å²) in [5.41, 5.74) is 0.898. The van der Waals surface area contributed by atoms with Gasteiger partial charge in [-0.1, -0.05) is 46.3 Å². The second-order valence-electron chi connectivity index (χ2n) is 6.21. The summed E-state index contributed by atoms with van der Waals surface area (Å²) in [7, 11) is 3.07. The number of alkyl halides is 1. The summed E-state index contributed by atoms with van der Waals surface area (Å²) in [5.74, 6) is -0.857. The Labute approximate surface area is 180 Å². The highest BCUT2D eigenvalue weighted by Gasteiger charge is 2.21. The van der Waals surface area contributed by atoms with E-state index in [2.05, 4.69) is 15.9 Å². The van der Waals surface area contributed by atoms with Gasteiger partial charge in [-0.3, -0.25) is 14.4 Å². The molecule has 0 radical (unpaired) electrons. The number of esters is 1. The van der Waals surface area contributed by atoms with Gasteiger partial charge in [0.2, 0.25) is 11.8 Å². The normalized spacial score (nSPS) is 10.4. The van der Waals surface area contributed by atoms with E-state index in [4.69, 9.17) is 14.2 Å². The van der Waals surface area contributed by atoms with Gasteiger partial charge in [0.25, 0.3) is 0 Å². The second kappa shape index (κ2) is 14.9. The molecule has 0 N–H and O–H groups in total.